The molecule has 166 valence electrons. The Balaban J connectivity index is 1.95. The first-order chi connectivity index (χ1) is 15.3. The van der Waals surface area contributed by atoms with Crippen LogP contribution in [-0.4, -0.2) is 54.6 Å². The monoisotopic (exact) mass is 435 g/mol. The molecule has 0 radical (unpaired) electrons. The Bertz CT molecular complexity index is 987. The largest absolute Gasteiger partial charge is 0.493 e. The van der Waals surface area contributed by atoms with Crippen molar-refractivity contribution < 1.29 is 24.4 Å². The number of benzene rings is 2. The van der Waals surface area contributed by atoms with Crippen molar-refractivity contribution in [2.24, 2.45) is 0 Å². The van der Waals surface area contributed by atoms with E-state index < -0.39 is 19.1 Å². The van der Waals surface area contributed by atoms with Gasteiger partial charge < -0.3 is 25.0 Å². The lowest BCUT2D eigenvalue weighted by atomic mass is 9.79. The van der Waals surface area contributed by atoms with E-state index in [2.05, 4.69) is 5.32 Å². The van der Waals surface area contributed by atoms with Gasteiger partial charge in [0.15, 0.2) is 0 Å². The quantitative estimate of drug-likeness (QED) is 0.297. The van der Waals surface area contributed by atoms with Gasteiger partial charge in [0, 0.05) is 20.4 Å². The van der Waals surface area contributed by atoms with Crippen molar-refractivity contribution in [3.8, 4) is 11.8 Å². The summed E-state index contributed by atoms with van der Waals surface area (Å²) >= 11 is 0. The van der Waals surface area contributed by atoms with E-state index in [1.54, 1.807) is 50.5 Å². The van der Waals surface area contributed by atoms with Gasteiger partial charge in [0.2, 0.25) is 5.91 Å². The fourth-order valence-electron chi connectivity index (χ4n) is 2.95. The van der Waals surface area contributed by atoms with Crippen molar-refractivity contribution in [1.29, 1.82) is 5.26 Å². The zero-order chi connectivity index (χ0) is 23.5. The van der Waals surface area contributed by atoms with Gasteiger partial charge in [0.25, 0.3) is 5.91 Å². The van der Waals surface area contributed by atoms with Gasteiger partial charge in [0.1, 0.15) is 17.4 Å². The summed E-state index contributed by atoms with van der Waals surface area (Å²) in [5.74, 6) is -0.193. The van der Waals surface area contributed by atoms with Crippen molar-refractivity contribution in [2.45, 2.75) is 18.8 Å². The van der Waals surface area contributed by atoms with E-state index in [1.165, 1.54) is 11.0 Å². The molecule has 9 heteroatoms. The van der Waals surface area contributed by atoms with Crippen LogP contribution in [0.15, 0.2) is 60.2 Å². The van der Waals surface area contributed by atoms with E-state index >= 15 is 0 Å². The Morgan fingerprint density at radius 3 is 2.53 bits per heavy atom. The number of ether oxygens (including phenoxy) is 1. The van der Waals surface area contributed by atoms with Gasteiger partial charge in [-0.1, -0.05) is 42.5 Å². The van der Waals surface area contributed by atoms with E-state index in [4.69, 9.17) is 4.74 Å². The summed E-state index contributed by atoms with van der Waals surface area (Å²) in [5.41, 5.74) is 1.40. The van der Waals surface area contributed by atoms with Gasteiger partial charge >= 0.3 is 7.12 Å². The third kappa shape index (κ3) is 7.91. The molecule has 0 aliphatic heterocycles. The summed E-state index contributed by atoms with van der Waals surface area (Å²) in [5, 5.41) is 30.7. The molecule has 2 aromatic rings. The second-order valence-electron chi connectivity index (χ2n) is 7.29. The SMILES string of the molecule is CN(C)C(=O)C(C#N)=Cc1cccc(OCCC(=O)N[C@@H](CB(O)O)c2ccccc2)c1. The lowest BCUT2D eigenvalue weighted by molar-refractivity contribution is -0.124. The first-order valence-corrected chi connectivity index (χ1v) is 10.1. The summed E-state index contributed by atoms with van der Waals surface area (Å²) in [7, 11) is 1.59. The zero-order valence-corrected chi connectivity index (χ0v) is 18.1. The molecule has 0 spiro atoms. The molecule has 0 heterocycles. The summed E-state index contributed by atoms with van der Waals surface area (Å²) in [6.07, 6.45) is 1.51. The second-order valence-corrected chi connectivity index (χ2v) is 7.29. The van der Waals surface area contributed by atoms with Crippen molar-refractivity contribution in [1.82, 2.24) is 10.2 Å². The molecular formula is C23H26BN3O5. The fourth-order valence-corrected chi connectivity index (χ4v) is 2.95. The van der Waals surface area contributed by atoms with Crippen molar-refractivity contribution in [3.63, 3.8) is 0 Å². The number of likely N-dealkylation sites (N-methyl/N-ethyl adjacent to an activating group) is 1. The molecule has 32 heavy (non-hydrogen) atoms. The molecule has 0 saturated heterocycles. The molecule has 0 bridgehead atoms. The molecular weight excluding hydrogens is 409 g/mol. The van der Waals surface area contributed by atoms with Crippen LogP contribution in [0.25, 0.3) is 6.08 Å². The highest BCUT2D eigenvalue weighted by Gasteiger charge is 2.20. The molecule has 0 fully saturated rings. The fraction of sp³-hybridized carbons (Fsp3) is 0.261. The Morgan fingerprint density at radius 2 is 1.91 bits per heavy atom. The van der Waals surface area contributed by atoms with Crippen LogP contribution in [0.5, 0.6) is 5.75 Å². The number of carbonyl (C=O) groups excluding carboxylic acids is 2. The molecule has 0 aliphatic carbocycles. The lowest BCUT2D eigenvalue weighted by Gasteiger charge is -2.19. The van der Waals surface area contributed by atoms with E-state index in [0.717, 1.165) is 5.56 Å². The van der Waals surface area contributed by atoms with E-state index in [0.29, 0.717) is 11.3 Å². The lowest BCUT2D eigenvalue weighted by Crippen LogP contribution is -2.32. The van der Waals surface area contributed by atoms with E-state index in [1.807, 2.05) is 24.3 Å². The Hall–Kier alpha value is -3.61. The predicted molar refractivity (Wildman–Crippen MR) is 121 cm³/mol. The second kappa shape index (κ2) is 12.3. The van der Waals surface area contributed by atoms with Crippen molar-refractivity contribution in [3.05, 3.63) is 71.3 Å². The minimum Gasteiger partial charge on any atom is -0.493 e. The molecule has 2 aromatic carbocycles. The number of carbonyl (C=O) groups is 2. The number of amides is 2. The van der Waals surface area contributed by atoms with Crippen LogP contribution in [0, 0.1) is 11.3 Å². The van der Waals surface area contributed by atoms with Crippen molar-refractivity contribution in [2.75, 3.05) is 20.7 Å². The van der Waals surface area contributed by atoms with Gasteiger partial charge in [0.05, 0.1) is 19.1 Å². The van der Waals surface area contributed by atoms with Gasteiger partial charge in [-0.2, -0.15) is 5.26 Å². The topological polar surface area (TPSA) is 123 Å². The number of nitrogens with one attached hydrogen (secondary N) is 1. The minimum absolute atomic E-state index is 0.00422. The Kier molecular flexibility index (Phi) is 9.48. The maximum absolute atomic E-state index is 12.3. The molecule has 8 nitrogen and oxygen atoms in total. The molecule has 0 unspecified atom stereocenters. The molecule has 3 N–H and O–H groups in total. The van der Waals surface area contributed by atoms with Crippen LogP contribution < -0.4 is 10.1 Å². The Labute approximate surface area is 187 Å². The van der Waals surface area contributed by atoms with Crippen LogP contribution in [0.3, 0.4) is 0 Å². The van der Waals surface area contributed by atoms with Crippen LogP contribution in [0.1, 0.15) is 23.6 Å². The number of rotatable bonds is 10. The standard InChI is InChI=1S/C23H26BN3O5/c1-27(2)23(29)19(16-25)13-17-7-6-10-20(14-17)32-12-11-22(28)26-21(15-24(30)31)18-8-4-3-5-9-18/h3-10,13-14,21,30-31H,11-12,15H2,1-2H3,(H,26,28)/t21-/m0/s1. The molecule has 1 atom stereocenters. The first kappa shape index (κ1) is 24.7. The van der Waals surface area contributed by atoms with Crippen LogP contribution in [0.4, 0.5) is 0 Å². The first-order valence-electron chi connectivity index (χ1n) is 10.1. The molecule has 0 saturated carbocycles. The van der Waals surface area contributed by atoms with Gasteiger partial charge in [-0.3, -0.25) is 9.59 Å². The van der Waals surface area contributed by atoms with Crippen LogP contribution in [-0.2, 0) is 9.59 Å². The number of hydrogen-bond donors (Lipinski definition) is 3. The van der Waals surface area contributed by atoms with Crippen LogP contribution in [0.2, 0.25) is 6.32 Å². The summed E-state index contributed by atoms with van der Waals surface area (Å²) in [4.78, 5) is 25.7. The third-order valence-corrected chi connectivity index (χ3v) is 4.51. The van der Waals surface area contributed by atoms with E-state index in [-0.39, 0.29) is 30.8 Å². The maximum Gasteiger partial charge on any atom is 0.453 e. The molecule has 2 rings (SSSR count). The Morgan fingerprint density at radius 1 is 1.19 bits per heavy atom. The van der Waals surface area contributed by atoms with Crippen LogP contribution >= 0.6 is 0 Å². The molecule has 0 aliphatic rings. The smallest absolute Gasteiger partial charge is 0.453 e. The van der Waals surface area contributed by atoms with Gasteiger partial charge in [-0.15, -0.1) is 0 Å². The minimum atomic E-state index is -1.55. The molecule has 0 aromatic heterocycles. The van der Waals surface area contributed by atoms with Gasteiger partial charge in [-0.25, -0.2) is 0 Å². The van der Waals surface area contributed by atoms with Crippen molar-refractivity contribution >= 4 is 25.0 Å². The average Bonchev–Trinajstić information content (AvgIpc) is 2.77. The summed E-state index contributed by atoms with van der Waals surface area (Å²) < 4.78 is 5.64. The summed E-state index contributed by atoms with van der Waals surface area (Å²) in [6, 6.07) is 17.3. The number of nitrogens with zero attached hydrogens (tertiary/aromatic N) is 2. The average molecular weight is 435 g/mol. The highest BCUT2D eigenvalue weighted by Crippen LogP contribution is 2.19. The number of nitriles is 1. The predicted octanol–water partition coefficient (Wildman–Crippen LogP) is 1.78. The van der Waals surface area contributed by atoms with Gasteiger partial charge in [-0.05, 0) is 29.3 Å². The van der Waals surface area contributed by atoms with E-state index in [9.17, 15) is 24.9 Å². The third-order valence-electron chi connectivity index (χ3n) is 4.51. The normalized spacial score (nSPS) is 11.8. The highest BCUT2D eigenvalue weighted by molar-refractivity contribution is 6.41. The zero-order valence-electron chi connectivity index (χ0n) is 18.1. The highest BCUT2D eigenvalue weighted by atomic mass is 16.5. The summed E-state index contributed by atoms with van der Waals surface area (Å²) in [6.45, 7) is 0.101. The number of hydrogen-bond acceptors (Lipinski definition) is 6. The maximum atomic E-state index is 12.3. The molecule has 2 amide bonds.